The van der Waals surface area contributed by atoms with E-state index in [-0.39, 0.29) is 0 Å². The second-order valence-electron chi connectivity index (χ2n) is 5.03. The summed E-state index contributed by atoms with van der Waals surface area (Å²) in [5.41, 5.74) is 7.99. The third-order valence-corrected chi connectivity index (χ3v) is 3.69. The Morgan fingerprint density at radius 3 is 2.88 bits per heavy atom. The largest absolute Gasteiger partial charge is 0.372 e. The highest BCUT2D eigenvalue weighted by Crippen LogP contribution is 2.26. The van der Waals surface area contributed by atoms with E-state index in [1.165, 1.54) is 19.3 Å². The Morgan fingerprint density at radius 2 is 2.24 bits per heavy atom. The summed E-state index contributed by atoms with van der Waals surface area (Å²) in [6.45, 7) is 3.40. The third kappa shape index (κ3) is 3.07. The Labute approximate surface area is 103 Å². The third-order valence-electron chi connectivity index (χ3n) is 3.69. The molecule has 1 aliphatic carbocycles. The van der Waals surface area contributed by atoms with Gasteiger partial charge in [-0.1, -0.05) is 12.8 Å². The average Bonchev–Trinajstić information content (AvgIpc) is 2.65. The molecule has 1 fully saturated rings. The molecule has 2 N–H and O–H groups in total. The van der Waals surface area contributed by atoms with Crippen LogP contribution in [0.15, 0.2) is 6.07 Å². The zero-order valence-corrected chi connectivity index (χ0v) is 10.9. The van der Waals surface area contributed by atoms with Gasteiger partial charge < -0.3 is 10.5 Å². The Hall–Kier alpha value is -0.870. The molecule has 4 nitrogen and oxygen atoms in total. The number of rotatable bonds is 4. The molecule has 0 bridgehead atoms. The maximum absolute atomic E-state index is 6.03. The van der Waals surface area contributed by atoms with Crippen LogP contribution in [0.1, 0.15) is 37.1 Å². The SMILES string of the molecule is Cc1cc(COC2CCCCC2CN)n(C)n1. The van der Waals surface area contributed by atoms with Crippen molar-refractivity contribution in [3.05, 3.63) is 17.5 Å². The number of aryl methyl sites for hydroxylation is 2. The number of hydrogen-bond donors (Lipinski definition) is 1. The van der Waals surface area contributed by atoms with Gasteiger partial charge in [0.25, 0.3) is 0 Å². The van der Waals surface area contributed by atoms with Crippen LogP contribution in [0, 0.1) is 12.8 Å². The standard InChI is InChI=1S/C13H23N3O/c1-10-7-12(16(2)15-10)9-17-13-6-4-3-5-11(13)8-14/h7,11,13H,3-6,8-9,14H2,1-2H3. The molecule has 2 unspecified atom stereocenters. The molecule has 2 atom stereocenters. The van der Waals surface area contributed by atoms with Gasteiger partial charge in [-0.2, -0.15) is 5.10 Å². The minimum absolute atomic E-state index is 0.337. The molecule has 2 rings (SSSR count). The van der Waals surface area contributed by atoms with Crippen LogP contribution in [0.2, 0.25) is 0 Å². The van der Waals surface area contributed by atoms with Gasteiger partial charge in [0.2, 0.25) is 0 Å². The van der Waals surface area contributed by atoms with Gasteiger partial charge in [-0.25, -0.2) is 0 Å². The van der Waals surface area contributed by atoms with E-state index in [2.05, 4.69) is 11.2 Å². The Bertz CT molecular complexity index is 362. The van der Waals surface area contributed by atoms with Crippen molar-refractivity contribution in [2.45, 2.75) is 45.3 Å². The van der Waals surface area contributed by atoms with Gasteiger partial charge in [-0.05, 0) is 38.3 Å². The monoisotopic (exact) mass is 237 g/mol. The van der Waals surface area contributed by atoms with Gasteiger partial charge in [-0.3, -0.25) is 4.68 Å². The van der Waals surface area contributed by atoms with E-state index in [0.717, 1.165) is 24.4 Å². The fourth-order valence-corrected chi connectivity index (χ4v) is 2.65. The summed E-state index contributed by atoms with van der Waals surface area (Å²) in [4.78, 5) is 0. The van der Waals surface area contributed by atoms with E-state index in [1.54, 1.807) is 0 Å². The zero-order chi connectivity index (χ0) is 12.3. The van der Waals surface area contributed by atoms with E-state index in [0.29, 0.717) is 18.6 Å². The molecule has 17 heavy (non-hydrogen) atoms. The minimum atomic E-state index is 0.337. The molecule has 1 aromatic heterocycles. The molecular weight excluding hydrogens is 214 g/mol. The molecule has 1 saturated carbocycles. The quantitative estimate of drug-likeness (QED) is 0.868. The summed E-state index contributed by atoms with van der Waals surface area (Å²) < 4.78 is 7.92. The van der Waals surface area contributed by atoms with E-state index >= 15 is 0 Å². The number of nitrogens with two attached hydrogens (primary N) is 1. The van der Waals surface area contributed by atoms with Gasteiger partial charge >= 0.3 is 0 Å². The molecule has 0 radical (unpaired) electrons. The number of nitrogens with zero attached hydrogens (tertiary/aromatic N) is 2. The maximum atomic E-state index is 6.03. The normalized spacial score (nSPS) is 25.1. The molecule has 0 amide bonds. The fourth-order valence-electron chi connectivity index (χ4n) is 2.65. The Morgan fingerprint density at radius 1 is 1.47 bits per heavy atom. The summed E-state index contributed by atoms with van der Waals surface area (Å²) in [6, 6.07) is 2.08. The van der Waals surface area contributed by atoms with Gasteiger partial charge in [0.15, 0.2) is 0 Å². The molecule has 0 saturated heterocycles. The molecule has 0 aromatic carbocycles. The maximum Gasteiger partial charge on any atom is 0.0888 e. The van der Waals surface area contributed by atoms with E-state index in [4.69, 9.17) is 10.5 Å². The lowest BCUT2D eigenvalue weighted by molar-refractivity contribution is -0.0206. The molecule has 0 spiro atoms. The molecule has 4 heteroatoms. The first-order valence-corrected chi connectivity index (χ1v) is 6.52. The average molecular weight is 237 g/mol. The van der Waals surface area contributed by atoms with Crippen LogP contribution in [0.25, 0.3) is 0 Å². The second kappa shape index (κ2) is 5.65. The van der Waals surface area contributed by atoms with Crippen molar-refractivity contribution in [1.82, 2.24) is 9.78 Å². The van der Waals surface area contributed by atoms with Crippen molar-refractivity contribution in [2.75, 3.05) is 6.54 Å². The molecule has 0 aliphatic heterocycles. The van der Waals surface area contributed by atoms with Crippen LogP contribution in [-0.2, 0) is 18.4 Å². The Balaban J connectivity index is 1.90. The van der Waals surface area contributed by atoms with Crippen molar-refractivity contribution in [2.24, 2.45) is 18.7 Å². The number of aromatic nitrogens is 2. The zero-order valence-electron chi connectivity index (χ0n) is 10.9. The lowest BCUT2D eigenvalue weighted by atomic mass is 9.86. The van der Waals surface area contributed by atoms with Crippen LogP contribution >= 0.6 is 0 Å². The highest BCUT2D eigenvalue weighted by molar-refractivity contribution is 5.07. The Kier molecular flexibility index (Phi) is 4.18. The van der Waals surface area contributed by atoms with E-state index in [9.17, 15) is 0 Å². The van der Waals surface area contributed by atoms with E-state index in [1.807, 2.05) is 18.7 Å². The molecule has 1 aromatic rings. The smallest absolute Gasteiger partial charge is 0.0888 e. The molecular formula is C13H23N3O. The van der Waals surface area contributed by atoms with Crippen molar-refractivity contribution in [3.8, 4) is 0 Å². The first-order valence-electron chi connectivity index (χ1n) is 6.52. The van der Waals surface area contributed by atoms with E-state index < -0.39 is 0 Å². The molecule has 96 valence electrons. The summed E-state index contributed by atoms with van der Waals surface area (Å²) in [5.74, 6) is 0.540. The van der Waals surface area contributed by atoms with Crippen molar-refractivity contribution in [1.29, 1.82) is 0 Å². The van der Waals surface area contributed by atoms with Gasteiger partial charge in [0.05, 0.1) is 24.1 Å². The number of hydrogen-bond acceptors (Lipinski definition) is 3. The van der Waals surface area contributed by atoms with Crippen molar-refractivity contribution in [3.63, 3.8) is 0 Å². The second-order valence-corrected chi connectivity index (χ2v) is 5.03. The summed E-state index contributed by atoms with van der Waals surface area (Å²) in [5, 5.41) is 4.33. The minimum Gasteiger partial charge on any atom is -0.372 e. The molecule has 1 aliphatic rings. The van der Waals surface area contributed by atoms with Gasteiger partial charge in [-0.15, -0.1) is 0 Å². The summed E-state index contributed by atoms with van der Waals surface area (Å²) in [6.07, 6.45) is 5.27. The molecule has 1 heterocycles. The van der Waals surface area contributed by atoms with Crippen LogP contribution < -0.4 is 5.73 Å². The topological polar surface area (TPSA) is 53.1 Å². The lowest BCUT2D eigenvalue weighted by Gasteiger charge is -2.30. The highest BCUT2D eigenvalue weighted by atomic mass is 16.5. The first kappa shape index (κ1) is 12.6. The highest BCUT2D eigenvalue weighted by Gasteiger charge is 2.24. The van der Waals surface area contributed by atoms with Crippen LogP contribution in [0.4, 0.5) is 0 Å². The fraction of sp³-hybridized carbons (Fsp3) is 0.769. The van der Waals surface area contributed by atoms with Crippen LogP contribution in [0.3, 0.4) is 0 Å². The van der Waals surface area contributed by atoms with Gasteiger partial charge in [0, 0.05) is 7.05 Å². The number of ether oxygens (including phenoxy) is 1. The predicted molar refractivity (Wildman–Crippen MR) is 67.5 cm³/mol. The van der Waals surface area contributed by atoms with Crippen molar-refractivity contribution >= 4 is 0 Å². The summed E-state index contributed by atoms with van der Waals surface area (Å²) >= 11 is 0. The predicted octanol–water partition coefficient (Wildman–Crippen LogP) is 1.76. The van der Waals surface area contributed by atoms with Crippen molar-refractivity contribution < 1.29 is 4.74 Å². The van der Waals surface area contributed by atoms with Gasteiger partial charge in [0.1, 0.15) is 0 Å². The lowest BCUT2D eigenvalue weighted by Crippen LogP contribution is -2.33. The van der Waals surface area contributed by atoms with Crippen LogP contribution in [-0.4, -0.2) is 22.4 Å². The summed E-state index contributed by atoms with van der Waals surface area (Å²) in [7, 11) is 1.97. The first-order chi connectivity index (χ1) is 8.20. The van der Waals surface area contributed by atoms with Crippen LogP contribution in [0.5, 0.6) is 0 Å².